The minimum Gasteiger partial charge on any atom is -0.367 e. The second-order valence-electron chi connectivity index (χ2n) is 4.77. The molecule has 0 aliphatic rings. The summed E-state index contributed by atoms with van der Waals surface area (Å²) in [4.78, 5) is 0. The highest BCUT2D eigenvalue weighted by Gasteiger charge is 2.18. The maximum absolute atomic E-state index is 6.04. The number of aromatic nitrogens is 1. The standard InChI is InChI=1S/C16H12BrClN2O/c1-9-3-2-4-10(7-9)14-15(20-21-16(14)19)11-5-6-13(18)12(17)8-11/h2-8H,19H2,1H3. The fourth-order valence-corrected chi connectivity index (χ4v) is 2.72. The van der Waals surface area contributed by atoms with Crippen molar-refractivity contribution in [2.75, 3.05) is 5.73 Å². The molecule has 0 saturated heterocycles. The number of hydrogen-bond donors (Lipinski definition) is 1. The Balaban J connectivity index is 2.19. The lowest BCUT2D eigenvalue weighted by Gasteiger charge is -2.05. The highest BCUT2D eigenvalue weighted by Crippen LogP contribution is 2.38. The van der Waals surface area contributed by atoms with Gasteiger partial charge in [0.05, 0.1) is 10.6 Å². The quantitative estimate of drug-likeness (QED) is 0.671. The minimum atomic E-state index is 0.307. The van der Waals surface area contributed by atoms with E-state index in [2.05, 4.69) is 27.2 Å². The van der Waals surface area contributed by atoms with Crippen LogP contribution in [0, 0.1) is 6.92 Å². The van der Waals surface area contributed by atoms with Crippen molar-refractivity contribution in [3.8, 4) is 22.4 Å². The van der Waals surface area contributed by atoms with Crippen LogP contribution in [-0.2, 0) is 0 Å². The summed E-state index contributed by atoms with van der Waals surface area (Å²) >= 11 is 9.46. The average molecular weight is 364 g/mol. The van der Waals surface area contributed by atoms with Gasteiger partial charge < -0.3 is 10.3 Å². The van der Waals surface area contributed by atoms with Gasteiger partial charge in [0.2, 0.25) is 5.88 Å². The van der Waals surface area contributed by atoms with Crippen molar-refractivity contribution < 1.29 is 4.52 Å². The van der Waals surface area contributed by atoms with Crippen molar-refractivity contribution in [2.45, 2.75) is 6.92 Å². The average Bonchev–Trinajstić information content (AvgIpc) is 2.84. The van der Waals surface area contributed by atoms with Gasteiger partial charge in [-0.3, -0.25) is 0 Å². The summed E-state index contributed by atoms with van der Waals surface area (Å²) in [5.41, 5.74) is 10.5. The molecule has 0 aliphatic carbocycles. The Kier molecular flexibility index (Phi) is 3.74. The van der Waals surface area contributed by atoms with E-state index in [9.17, 15) is 0 Å². The zero-order chi connectivity index (χ0) is 15.0. The zero-order valence-corrected chi connectivity index (χ0v) is 13.6. The van der Waals surface area contributed by atoms with Crippen LogP contribution in [0.3, 0.4) is 0 Å². The highest BCUT2D eigenvalue weighted by molar-refractivity contribution is 9.10. The predicted molar refractivity (Wildman–Crippen MR) is 89.2 cm³/mol. The molecule has 3 aromatic rings. The summed E-state index contributed by atoms with van der Waals surface area (Å²) in [6.45, 7) is 2.03. The van der Waals surface area contributed by atoms with Crippen LogP contribution in [0.4, 0.5) is 5.88 Å². The van der Waals surface area contributed by atoms with Crippen LogP contribution in [0.2, 0.25) is 5.02 Å². The smallest absolute Gasteiger partial charge is 0.230 e. The number of hydrogen-bond acceptors (Lipinski definition) is 3. The molecule has 5 heteroatoms. The fraction of sp³-hybridized carbons (Fsp3) is 0.0625. The van der Waals surface area contributed by atoms with Crippen LogP contribution < -0.4 is 5.73 Å². The molecule has 3 rings (SSSR count). The first-order chi connectivity index (χ1) is 10.1. The summed E-state index contributed by atoms with van der Waals surface area (Å²) in [7, 11) is 0. The van der Waals surface area contributed by atoms with Crippen LogP contribution in [0.1, 0.15) is 5.56 Å². The molecule has 1 heterocycles. The first-order valence-electron chi connectivity index (χ1n) is 6.34. The molecule has 21 heavy (non-hydrogen) atoms. The van der Waals surface area contributed by atoms with Crippen molar-refractivity contribution in [2.24, 2.45) is 0 Å². The molecule has 0 bridgehead atoms. The van der Waals surface area contributed by atoms with Gasteiger partial charge in [0.25, 0.3) is 0 Å². The monoisotopic (exact) mass is 362 g/mol. The van der Waals surface area contributed by atoms with Gasteiger partial charge in [-0.1, -0.05) is 52.7 Å². The summed E-state index contributed by atoms with van der Waals surface area (Å²) in [6, 6.07) is 13.7. The van der Waals surface area contributed by atoms with Gasteiger partial charge in [-0.15, -0.1) is 0 Å². The van der Waals surface area contributed by atoms with E-state index in [1.807, 2.05) is 43.3 Å². The molecule has 0 aliphatic heterocycles. The molecule has 1 aromatic heterocycles. The minimum absolute atomic E-state index is 0.307. The third kappa shape index (κ3) is 2.69. The third-order valence-corrected chi connectivity index (χ3v) is 4.43. The van der Waals surface area contributed by atoms with Crippen LogP contribution >= 0.6 is 27.5 Å². The lowest BCUT2D eigenvalue weighted by molar-refractivity contribution is 0.439. The van der Waals surface area contributed by atoms with Gasteiger partial charge in [-0.05, 0) is 40.5 Å². The molecular weight excluding hydrogens is 352 g/mol. The molecule has 3 nitrogen and oxygen atoms in total. The van der Waals surface area contributed by atoms with E-state index >= 15 is 0 Å². The van der Waals surface area contributed by atoms with Crippen molar-refractivity contribution in [3.05, 3.63) is 57.5 Å². The lowest BCUT2D eigenvalue weighted by atomic mass is 10.00. The van der Waals surface area contributed by atoms with Gasteiger partial charge in [0.15, 0.2) is 0 Å². The highest BCUT2D eigenvalue weighted by atomic mass is 79.9. The first kappa shape index (κ1) is 14.2. The Morgan fingerprint density at radius 3 is 2.67 bits per heavy atom. The molecule has 0 unspecified atom stereocenters. The number of nitrogen functional groups attached to an aromatic ring is 1. The van der Waals surface area contributed by atoms with Gasteiger partial charge in [-0.25, -0.2) is 0 Å². The topological polar surface area (TPSA) is 52.0 Å². The van der Waals surface area contributed by atoms with E-state index in [-0.39, 0.29) is 0 Å². The Morgan fingerprint density at radius 2 is 1.95 bits per heavy atom. The molecule has 0 atom stereocenters. The van der Waals surface area contributed by atoms with Crippen LogP contribution in [0.15, 0.2) is 51.5 Å². The number of anilines is 1. The van der Waals surface area contributed by atoms with Crippen molar-refractivity contribution >= 4 is 33.4 Å². The largest absolute Gasteiger partial charge is 0.367 e. The molecule has 0 radical (unpaired) electrons. The van der Waals surface area contributed by atoms with E-state index < -0.39 is 0 Å². The predicted octanol–water partition coefficient (Wildman–Crippen LogP) is 5.32. The second-order valence-corrected chi connectivity index (χ2v) is 6.03. The molecule has 0 amide bonds. The number of nitrogens with two attached hydrogens (primary N) is 1. The SMILES string of the molecule is Cc1cccc(-c2c(-c3ccc(Cl)c(Br)c3)noc2N)c1. The molecular formula is C16H12BrClN2O. The number of aryl methyl sites for hydroxylation is 1. The van der Waals surface area contributed by atoms with Crippen LogP contribution in [0.5, 0.6) is 0 Å². The second kappa shape index (κ2) is 5.54. The van der Waals surface area contributed by atoms with Gasteiger partial charge in [0.1, 0.15) is 5.69 Å². The summed E-state index contributed by atoms with van der Waals surface area (Å²) in [5.74, 6) is 0.307. The van der Waals surface area contributed by atoms with E-state index in [1.165, 1.54) is 0 Å². The van der Waals surface area contributed by atoms with E-state index in [1.54, 1.807) is 0 Å². The Hall–Kier alpha value is -1.78. The normalized spacial score (nSPS) is 10.8. The number of benzene rings is 2. The number of halogens is 2. The Labute approximate surface area is 135 Å². The molecule has 0 saturated carbocycles. The molecule has 106 valence electrons. The van der Waals surface area contributed by atoms with E-state index in [0.717, 1.165) is 26.7 Å². The third-order valence-electron chi connectivity index (χ3n) is 3.22. The van der Waals surface area contributed by atoms with Gasteiger partial charge >= 0.3 is 0 Å². The molecule has 2 N–H and O–H groups in total. The van der Waals surface area contributed by atoms with E-state index in [0.29, 0.717) is 16.6 Å². The zero-order valence-electron chi connectivity index (χ0n) is 11.2. The molecule has 2 aromatic carbocycles. The van der Waals surface area contributed by atoms with Crippen molar-refractivity contribution in [1.29, 1.82) is 0 Å². The van der Waals surface area contributed by atoms with E-state index in [4.69, 9.17) is 21.9 Å². The Morgan fingerprint density at radius 1 is 1.14 bits per heavy atom. The molecule has 0 fully saturated rings. The maximum atomic E-state index is 6.04. The molecule has 0 spiro atoms. The van der Waals surface area contributed by atoms with Crippen LogP contribution in [-0.4, -0.2) is 5.16 Å². The van der Waals surface area contributed by atoms with Crippen molar-refractivity contribution in [3.63, 3.8) is 0 Å². The van der Waals surface area contributed by atoms with Crippen LogP contribution in [0.25, 0.3) is 22.4 Å². The van der Waals surface area contributed by atoms with Gasteiger partial charge in [0, 0.05) is 10.0 Å². The lowest BCUT2D eigenvalue weighted by Crippen LogP contribution is -1.88. The number of rotatable bonds is 2. The summed E-state index contributed by atoms with van der Waals surface area (Å²) in [5, 5.41) is 4.74. The number of nitrogens with zero attached hydrogens (tertiary/aromatic N) is 1. The summed E-state index contributed by atoms with van der Waals surface area (Å²) in [6.07, 6.45) is 0. The first-order valence-corrected chi connectivity index (χ1v) is 7.51. The Bertz CT molecular complexity index is 814. The fourth-order valence-electron chi connectivity index (χ4n) is 2.22. The summed E-state index contributed by atoms with van der Waals surface area (Å²) < 4.78 is 6.00. The van der Waals surface area contributed by atoms with Crippen molar-refractivity contribution in [1.82, 2.24) is 5.16 Å². The maximum Gasteiger partial charge on any atom is 0.230 e. The van der Waals surface area contributed by atoms with Gasteiger partial charge in [-0.2, -0.15) is 0 Å².